The third kappa shape index (κ3) is 4.88. The second-order valence-electron chi connectivity index (χ2n) is 9.86. The Morgan fingerprint density at radius 2 is 1.65 bits per heavy atom. The normalized spacial score (nSPS) is 13.1. The van der Waals surface area contributed by atoms with Gasteiger partial charge in [0.2, 0.25) is 0 Å². The van der Waals surface area contributed by atoms with Crippen LogP contribution in [0, 0.1) is 17.5 Å². The summed E-state index contributed by atoms with van der Waals surface area (Å²) in [5, 5.41) is 8.31. The highest BCUT2D eigenvalue weighted by atomic mass is 35.5. The Bertz CT molecular complexity index is 1580. The van der Waals surface area contributed by atoms with E-state index in [9.17, 15) is 13.6 Å². The fourth-order valence-corrected chi connectivity index (χ4v) is 5.03. The number of rotatable bonds is 8. The van der Waals surface area contributed by atoms with Crippen LogP contribution in [-0.4, -0.2) is 32.7 Å². The molecule has 1 amide bonds. The molecular weight excluding hydrogens is 545 g/mol. The number of amides is 1. The smallest absolute Gasteiger partial charge is 0.254 e. The first-order chi connectivity index (χ1) is 19.0. The van der Waals surface area contributed by atoms with Gasteiger partial charge in [-0.1, -0.05) is 23.7 Å². The second-order valence-corrected chi connectivity index (χ2v) is 10.3. The summed E-state index contributed by atoms with van der Waals surface area (Å²) < 4.78 is 57.3. The van der Waals surface area contributed by atoms with Crippen LogP contribution in [0.5, 0.6) is 11.5 Å². The van der Waals surface area contributed by atoms with Gasteiger partial charge in [-0.05, 0) is 62.7 Å². The van der Waals surface area contributed by atoms with Crippen LogP contribution in [0.15, 0.2) is 48.5 Å². The highest BCUT2D eigenvalue weighted by Crippen LogP contribution is 2.36. The second kappa shape index (κ2) is 10.5. The van der Waals surface area contributed by atoms with E-state index in [0.29, 0.717) is 18.8 Å². The molecule has 5 rings (SSSR count). The molecule has 0 radical (unpaired) electrons. The van der Waals surface area contributed by atoms with Crippen LogP contribution in [0.2, 0.25) is 5.02 Å². The monoisotopic (exact) mass is 570 g/mol. The largest absolute Gasteiger partial charge is 0.497 e. The molecule has 0 bridgehead atoms. The SMILES string of the molecule is CCn1c(-c2ccc3c(c2F)CN(Cc2ccc(OC)cc2)C3=O)nnc1C(C)(C)Oc1c(F)cc(Cl)cc1F. The maximum Gasteiger partial charge on any atom is 0.254 e. The molecule has 4 aromatic rings. The standard InChI is InChI=1S/C29H26ClF3N4O3/c1-5-37-26(34-35-28(37)29(2,3)40-25-22(31)12-17(30)13-23(25)32)20-11-10-19-21(24(20)33)15-36(27(19)38)14-16-6-8-18(39-4)9-7-16/h6-13H,5,14-15H2,1-4H3. The highest BCUT2D eigenvalue weighted by molar-refractivity contribution is 6.30. The lowest BCUT2D eigenvalue weighted by Gasteiger charge is -2.26. The summed E-state index contributed by atoms with van der Waals surface area (Å²) in [4.78, 5) is 14.6. The Balaban J connectivity index is 1.45. The van der Waals surface area contributed by atoms with Crippen LogP contribution in [0.4, 0.5) is 13.2 Å². The number of benzene rings is 3. The molecule has 0 atom stereocenters. The van der Waals surface area contributed by atoms with Gasteiger partial charge in [0.15, 0.2) is 34.6 Å². The van der Waals surface area contributed by atoms with Crippen LogP contribution < -0.4 is 9.47 Å². The lowest BCUT2D eigenvalue weighted by molar-refractivity contribution is 0.0766. The predicted octanol–water partition coefficient (Wildman–Crippen LogP) is 6.51. The fraction of sp³-hybridized carbons (Fsp3) is 0.276. The molecule has 0 N–H and O–H groups in total. The van der Waals surface area contributed by atoms with Gasteiger partial charge in [-0.15, -0.1) is 10.2 Å². The number of carbonyl (C=O) groups excluding carboxylic acids is 1. The fourth-order valence-electron chi connectivity index (χ4n) is 4.84. The van der Waals surface area contributed by atoms with Crippen molar-refractivity contribution in [2.45, 2.75) is 46.0 Å². The van der Waals surface area contributed by atoms with Crippen LogP contribution in [0.3, 0.4) is 0 Å². The minimum Gasteiger partial charge on any atom is -0.497 e. The number of carbonyl (C=O) groups is 1. The van der Waals surface area contributed by atoms with E-state index in [1.165, 1.54) is 6.07 Å². The van der Waals surface area contributed by atoms with E-state index in [2.05, 4.69) is 10.2 Å². The number of ether oxygens (including phenoxy) is 2. The zero-order valence-corrected chi connectivity index (χ0v) is 23.0. The molecule has 1 aliphatic heterocycles. The van der Waals surface area contributed by atoms with Crippen molar-refractivity contribution in [1.29, 1.82) is 0 Å². The zero-order chi connectivity index (χ0) is 28.8. The molecule has 40 heavy (non-hydrogen) atoms. The lowest BCUT2D eigenvalue weighted by atomic mass is 10.0. The summed E-state index contributed by atoms with van der Waals surface area (Å²) in [6, 6.07) is 12.3. The molecule has 0 saturated carbocycles. The van der Waals surface area contributed by atoms with Crippen LogP contribution in [-0.2, 0) is 25.2 Å². The van der Waals surface area contributed by atoms with E-state index in [1.807, 2.05) is 12.1 Å². The molecule has 0 aliphatic carbocycles. The molecule has 1 aliphatic rings. The van der Waals surface area contributed by atoms with Crippen molar-refractivity contribution < 1.29 is 27.4 Å². The van der Waals surface area contributed by atoms with Crippen molar-refractivity contribution >= 4 is 17.5 Å². The summed E-state index contributed by atoms with van der Waals surface area (Å²) >= 11 is 5.73. The minimum absolute atomic E-state index is 0.0940. The Kier molecular flexibility index (Phi) is 7.22. The first-order valence-corrected chi connectivity index (χ1v) is 12.9. The topological polar surface area (TPSA) is 69.5 Å². The number of nitrogens with zero attached hydrogens (tertiary/aromatic N) is 4. The van der Waals surface area contributed by atoms with E-state index in [1.54, 1.807) is 55.5 Å². The summed E-state index contributed by atoms with van der Waals surface area (Å²) in [5.74, 6) is -2.25. The van der Waals surface area contributed by atoms with Crippen molar-refractivity contribution in [3.8, 4) is 22.9 Å². The number of hydrogen-bond acceptors (Lipinski definition) is 5. The number of fused-ring (bicyclic) bond motifs is 1. The van der Waals surface area contributed by atoms with Gasteiger partial charge in [0.1, 0.15) is 11.6 Å². The first-order valence-electron chi connectivity index (χ1n) is 12.5. The molecule has 0 saturated heterocycles. The molecule has 11 heteroatoms. The van der Waals surface area contributed by atoms with E-state index in [4.69, 9.17) is 21.1 Å². The maximum atomic E-state index is 15.9. The molecule has 7 nitrogen and oxygen atoms in total. The van der Waals surface area contributed by atoms with Crippen molar-refractivity contribution in [2.75, 3.05) is 7.11 Å². The molecule has 3 aromatic carbocycles. The number of hydrogen-bond donors (Lipinski definition) is 0. The van der Waals surface area contributed by atoms with Crippen molar-refractivity contribution in [3.05, 3.63) is 93.5 Å². The zero-order valence-electron chi connectivity index (χ0n) is 22.3. The number of halogens is 4. The van der Waals surface area contributed by atoms with Gasteiger partial charge < -0.3 is 18.9 Å². The Morgan fingerprint density at radius 1 is 1.00 bits per heavy atom. The highest BCUT2D eigenvalue weighted by Gasteiger charge is 2.35. The van der Waals surface area contributed by atoms with Crippen molar-refractivity contribution in [1.82, 2.24) is 19.7 Å². The van der Waals surface area contributed by atoms with Crippen molar-refractivity contribution in [3.63, 3.8) is 0 Å². The Labute approximate surface area is 234 Å². The van der Waals surface area contributed by atoms with Gasteiger partial charge in [0.25, 0.3) is 5.91 Å². The summed E-state index contributed by atoms with van der Waals surface area (Å²) in [5.41, 5.74) is 0.237. The third-order valence-corrected chi connectivity index (χ3v) is 7.03. The predicted molar refractivity (Wildman–Crippen MR) is 143 cm³/mol. The van der Waals surface area contributed by atoms with Gasteiger partial charge >= 0.3 is 0 Å². The molecular formula is C29H26ClF3N4O3. The van der Waals surface area contributed by atoms with Gasteiger partial charge in [0.05, 0.1) is 19.2 Å². The Hall–Kier alpha value is -4.05. The van der Waals surface area contributed by atoms with Gasteiger partial charge in [-0.25, -0.2) is 13.2 Å². The van der Waals surface area contributed by atoms with Crippen LogP contribution >= 0.6 is 11.6 Å². The van der Waals surface area contributed by atoms with Gasteiger partial charge in [0, 0.05) is 29.2 Å². The van der Waals surface area contributed by atoms with Gasteiger partial charge in [-0.3, -0.25) is 4.79 Å². The average Bonchev–Trinajstić information content (AvgIpc) is 3.49. The van der Waals surface area contributed by atoms with Crippen LogP contribution in [0.25, 0.3) is 11.4 Å². The van der Waals surface area contributed by atoms with Crippen molar-refractivity contribution in [2.24, 2.45) is 0 Å². The molecule has 0 unspecified atom stereocenters. The maximum absolute atomic E-state index is 15.9. The molecule has 208 valence electrons. The van der Waals surface area contributed by atoms with Gasteiger partial charge in [-0.2, -0.15) is 0 Å². The lowest BCUT2D eigenvalue weighted by Crippen LogP contribution is -2.30. The summed E-state index contributed by atoms with van der Waals surface area (Å²) in [6.07, 6.45) is 0. The molecule has 0 fully saturated rings. The molecule has 1 aromatic heterocycles. The molecule has 2 heterocycles. The Morgan fingerprint density at radius 3 is 2.27 bits per heavy atom. The van der Waals surface area contributed by atoms with E-state index in [-0.39, 0.29) is 45.8 Å². The summed E-state index contributed by atoms with van der Waals surface area (Å²) in [6.45, 7) is 5.68. The quantitative estimate of drug-likeness (QED) is 0.241. The van der Waals surface area contributed by atoms with E-state index in [0.717, 1.165) is 17.7 Å². The minimum atomic E-state index is -1.35. The van der Waals surface area contributed by atoms with Crippen LogP contribution in [0.1, 0.15) is 48.1 Å². The molecule has 0 spiro atoms. The first kappa shape index (κ1) is 27.5. The van der Waals surface area contributed by atoms with E-state index >= 15 is 4.39 Å². The number of aromatic nitrogens is 3. The average molecular weight is 571 g/mol. The number of methoxy groups -OCH3 is 1. The summed E-state index contributed by atoms with van der Waals surface area (Å²) in [7, 11) is 1.57. The van der Waals surface area contributed by atoms with E-state index < -0.39 is 28.8 Å². The third-order valence-electron chi connectivity index (χ3n) is 6.81.